The van der Waals surface area contributed by atoms with E-state index in [2.05, 4.69) is 0 Å². The summed E-state index contributed by atoms with van der Waals surface area (Å²) in [5.41, 5.74) is -1.61. The topological polar surface area (TPSA) is 0 Å². The molecule has 2 aliphatic rings. The summed E-state index contributed by atoms with van der Waals surface area (Å²) in [6, 6.07) is 0. The Balaban J connectivity index is 1.85. The van der Waals surface area contributed by atoms with Gasteiger partial charge in [-0.25, -0.2) is 0 Å². The Bertz CT molecular complexity index is 364. The van der Waals surface area contributed by atoms with E-state index in [9.17, 15) is 26.3 Å². The van der Waals surface area contributed by atoms with E-state index in [0.29, 0.717) is 25.7 Å². The molecule has 22 heavy (non-hydrogen) atoms. The van der Waals surface area contributed by atoms with Gasteiger partial charge >= 0.3 is 12.4 Å². The molecule has 2 unspecified atom stereocenters. The van der Waals surface area contributed by atoms with Crippen molar-refractivity contribution in [1.82, 2.24) is 0 Å². The first-order valence-electron chi connectivity index (χ1n) is 8.15. The second kappa shape index (κ2) is 6.23. The highest BCUT2D eigenvalue weighted by atomic mass is 19.4. The highest BCUT2D eigenvalue weighted by Crippen LogP contribution is 2.52. The van der Waals surface area contributed by atoms with Crippen molar-refractivity contribution < 1.29 is 26.3 Å². The van der Waals surface area contributed by atoms with Crippen LogP contribution in [0.25, 0.3) is 0 Å². The molecule has 0 aromatic rings. The molecule has 2 fully saturated rings. The maximum atomic E-state index is 13.1. The quantitative estimate of drug-likeness (QED) is 0.507. The van der Waals surface area contributed by atoms with Crippen molar-refractivity contribution >= 4 is 0 Å². The van der Waals surface area contributed by atoms with Crippen molar-refractivity contribution in [3.05, 3.63) is 0 Å². The lowest BCUT2D eigenvalue weighted by Gasteiger charge is -2.41. The van der Waals surface area contributed by atoms with Gasteiger partial charge in [0.05, 0.1) is 11.3 Å². The first-order valence-corrected chi connectivity index (χ1v) is 8.15. The fourth-order valence-corrected chi connectivity index (χ4v) is 4.28. The van der Waals surface area contributed by atoms with Gasteiger partial charge < -0.3 is 0 Å². The monoisotopic (exact) mass is 330 g/mol. The van der Waals surface area contributed by atoms with Crippen LogP contribution in [0.15, 0.2) is 0 Å². The van der Waals surface area contributed by atoms with Gasteiger partial charge in [-0.3, -0.25) is 0 Å². The Kier molecular flexibility index (Phi) is 5.08. The fraction of sp³-hybridized carbons (Fsp3) is 1.00. The largest absolute Gasteiger partial charge is 0.394 e. The van der Waals surface area contributed by atoms with Gasteiger partial charge in [-0.1, -0.05) is 19.8 Å². The molecule has 0 radical (unpaired) electrons. The van der Waals surface area contributed by atoms with Gasteiger partial charge in [0.15, 0.2) is 0 Å². The number of hydrogen-bond donors (Lipinski definition) is 0. The predicted octanol–water partition coefficient (Wildman–Crippen LogP) is 6.50. The van der Waals surface area contributed by atoms with Crippen molar-refractivity contribution in [3.63, 3.8) is 0 Å². The molecule has 0 N–H and O–H groups in total. The van der Waals surface area contributed by atoms with Crippen LogP contribution in [0.4, 0.5) is 26.3 Å². The summed E-state index contributed by atoms with van der Waals surface area (Å²) >= 11 is 0. The van der Waals surface area contributed by atoms with Gasteiger partial charge in [-0.2, -0.15) is 26.3 Å². The molecule has 2 atom stereocenters. The maximum Gasteiger partial charge on any atom is 0.394 e. The Labute approximate surface area is 127 Å². The zero-order chi connectivity index (χ0) is 16.6. The van der Waals surface area contributed by atoms with Crippen molar-refractivity contribution in [3.8, 4) is 0 Å². The Morgan fingerprint density at radius 2 is 1.45 bits per heavy atom. The molecular formula is C16H24F6. The van der Waals surface area contributed by atoms with Crippen LogP contribution in [-0.4, -0.2) is 12.4 Å². The molecule has 0 nitrogen and oxygen atoms in total. The zero-order valence-electron chi connectivity index (χ0n) is 12.9. The molecule has 0 heterocycles. The van der Waals surface area contributed by atoms with Crippen LogP contribution in [0.3, 0.4) is 0 Å². The van der Waals surface area contributed by atoms with Gasteiger partial charge in [0.25, 0.3) is 0 Å². The molecular weight excluding hydrogens is 306 g/mol. The summed E-state index contributed by atoms with van der Waals surface area (Å²) in [6.45, 7) is 1.29. The van der Waals surface area contributed by atoms with E-state index >= 15 is 0 Å². The maximum absolute atomic E-state index is 13.1. The summed E-state index contributed by atoms with van der Waals surface area (Å²) in [5.74, 6) is -1.04. The van der Waals surface area contributed by atoms with Gasteiger partial charge in [0.1, 0.15) is 0 Å². The number of halogens is 6. The lowest BCUT2D eigenvalue weighted by Crippen LogP contribution is -2.40. The molecule has 6 heteroatoms. The first-order chi connectivity index (χ1) is 10.0. The minimum Gasteiger partial charge on any atom is -0.171 e. The summed E-state index contributed by atoms with van der Waals surface area (Å²) < 4.78 is 77.3. The van der Waals surface area contributed by atoms with Gasteiger partial charge in [0, 0.05) is 0 Å². The standard InChI is InChI=1S/C16H24F6/c1-14(16(20,21)22)8-2-3-12(10-14)9-11-4-6-13(7-5-11)15(17,18)19/h11-13H,2-10H2,1H3. The van der Waals surface area contributed by atoms with Crippen LogP contribution >= 0.6 is 0 Å². The molecule has 0 aliphatic heterocycles. The van der Waals surface area contributed by atoms with Crippen LogP contribution < -0.4 is 0 Å². The van der Waals surface area contributed by atoms with Crippen LogP contribution in [0.2, 0.25) is 0 Å². The van der Waals surface area contributed by atoms with E-state index < -0.39 is 23.7 Å². The van der Waals surface area contributed by atoms with Crippen LogP contribution in [-0.2, 0) is 0 Å². The summed E-state index contributed by atoms with van der Waals surface area (Å²) in [5, 5.41) is 0. The molecule has 0 aromatic heterocycles. The van der Waals surface area contributed by atoms with E-state index in [4.69, 9.17) is 0 Å². The second-order valence-electron chi connectivity index (χ2n) is 7.52. The molecule has 2 aliphatic carbocycles. The molecule has 0 amide bonds. The van der Waals surface area contributed by atoms with Crippen LogP contribution in [0.1, 0.15) is 64.7 Å². The van der Waals surface area contributed by atoms with Crippen LogP contribution in [0.5, 0.6) is 0 Å². The van der Waals surface area contributed by atoms with Crippen molar-refractivity contribution in [2.75, 3.05) is 0 Å². The molecule has 0 saturated heterocycles. The third kappa shape index (κ3) is 4.10. The third-order valence-corrected chi connectivity index (χ3v) is 5.74. The van der Waals surface area contributed by atoms with Crippen LogP contribution in [0, 0.1) is 23.2 Å². The predicted molar refractivity (Wildman–Crippen MR) is 72.2 cm³/mol. The van der Waals surface area contributed by atoms with Crippen molar-refractivity contribution in [2.24, 2.45) is 23.2 Å². The molecule has 0 aromatic carbocycles. The lowest BCUT2D eigenvalue weighted by atomic mass is 9.67. The molecule has 2 saturated carbocycles. The SMILES string of the molecule is CC1(C(F)(F)F)CCCC(CC2CCC(C(F)(F)F)CC2)C1. The van der Waals surface area contributed by atoms with E-state index in [1.165, 1.54) is 6.92 Å². The average molecular weight is 330 g/mol. The van der Waals surface area contributed by atoms with Gasteiger partial charge in [-0.05, 0) is 56.8 Å². The Morgan fingerprint density at radius 1 is 0.864 bits per heavy atom. The third-order valence-electron chi connectivity index (χ3n) is 5.74. The van der Waals surface area contributed by atoms with E-state index in [1.54, 1.807) is 0 Å². The summed E-state index contributed by atoms with van der Waals surface area (Å²) in [6.07, 6.45) is -4.70. The average Bonchev–Trinajstić information content (AvgIpc) is 2.37. The van der Waals surface area contributed by atoms with E-state index in [-0.39, 0.29) is 37.5 Å². The second-order valence-corrected chi connectivity index (χ2v) is 7.52. The summed E-state index contributed by atoms with van der Waals surface area (Å²) in [4.78, 5) is 0. The molecule has 0 spiro atoms. The normalized spacial score (nSPS) is 38.0. The minimum atomic E-state index is -4.18. The molecule has 0 bridgehead atoms. The highest BCUT2D eigenvalue weighted by Gasteiger charge is 2.53. The fourth-order valence-electron chi connectivity index (χ4n) is 4.28. The minimum absolute atomic E-state index is 0.00723. The Hall–Kier alpha value is -0.420. The van der Waals surface area contributed by atoms with E-state index in [1.807, 2.05) is 0 Å². The van der Waals surface area contributed by atoms with Crippen molar-refractivity contribution in [1.29, 1.82) is 0 Å². The van der Waals surface area contributed by atoms with Gasteiger partial charge in [-0.15, -0.1) is 0 Å². The van der Waals surface area contributed by atoms with Crippen molar-refractivity contribution in [2.45, 2.75) is 77.1 Å². The van der Waals surface area contributed by atoms with E-state index in [0.717, 1.165) is 6.42 Å². The first kappa shape index (κ1) is 17.9. The Morgan fingerprint density at radius 3 is 1.95 bits per heavy atom. The molecule has 130 valence electrons. The van der Waals surface area contributed by atoms with Gasteiger partial charge in [0.2, 0.25) is 0 Å². The zero-order valence-corrected chi connectivity index (χ0v) is 12.9. The highest BCUT2D eigenvalue weighted by molar-refractivity contribution is 4.90. The lowest BCUT2D eigenvalue weighted by molar-refractivity contribution is -0.233. The smallest absolute Gasteiger partial charge is 0.171 e. The molecule has 2 rings (SSSR count). The summed E-state index contributed by atoms with van der Waals surface area (Å²) in [7, 11) is 0. The number of alkyl halides is 6. The number of hydrogen-bond acceptors (Lipinski definition) is 0. The number of rotatable bonds is 2.